The van der Waals surface area contributed by atoms with Gasteiger partial charge in [-0.05, 0) is 74.9 Å². The van der Waals surface area contributed by atoms with Crippen LogP contribution in [0.25, 0.3) is 11.1 Å². The molecule has 13 heteroatoms. The Morgan fingerprint density at radius 3 is 2.39 bits per heavy atom. The van der Waals surface area contributed by atoms with Crippen LogP contribution in [0.5, 0.6) is 11.8 Å². The van der Waals surface area contributed by atoms with E-state index < -0.39 is 38.2 Å². The number of sulfone groups is 1. The number of rotatable bonds is 8. The number of fused-ring (bicyclic) bond motifs is 3. The number of alkyl halides is 3. The second-order valence-corrected chi connectivity index (χ2v) is 15.7. The van der Waals surface area contributed by atoms with Gasteiger partial charge in [-0.1, -0.05) is 0 Å². The van der Waals surface area contributed by atoms with Gasteiger partial charge in [-0.2, -0.15) is 13.2 Å². The number of nitrogens with zero attached hydrogens (tertiary/aromatic N) is 2. The molecule has 0 radical (unpaired) electrons. The Hall–Kier alpha value is -3.74. The van der Waals surface area contributed by atoms with Crippen LogP contribution in [0.1, 0.15) is 67.5 Å². The van der Waals surface area contributed by atoms with Gasteiger partial charge in [0.05, 0.1) is 16.7 Å². The molecule has 0 spiro atoms. The fourth-order valence-corrected chi connectivity index (χ4v) is 7.53. The third-order valence-electron chi connectivity index (χ3n) is 8.82. The molecule has 0 bridgehead atoms. The van der Waals surface area contributed by atoms with Gasteiger partial charge in [0.15, 0.2) is 9.84 Å². The molecule has 3 aliphatic rings. The Kier molecular flexibility index (Phi) is 7.85. The summed E-state index contributed by atoms with van der Waals surface area (Å²) in [4.78, 5) is 21.2. The van der Waals surface area contributed by atoms with Gasteiger partial charge in [0, 0.05) is 60.2 Å². The van der Waals surface area contributed by atoms with Gasteiger partial charge in [0.25, 0.3) is 0 Å². The highest BCUT2D eigenvalue weighted by Gasteiger charge is 2.61. The normalized spacial score (nSPS) is 23.6. The van der Waals surface area contributed by atoms with Crippen LogP contribution in [0.3, 0.4) is 0 Å². The molecule has 2 heterocycles. The fraction of sp³-hybridized carbons (Fsp3) is 0.485. The summed E-state index contributed by atoms with van der Waals surface area (Å²) >= 11 is 0. The predicted molar refractivity (Wildman–Crippen MR) is 159 cm³/mol. The maximum Gasteiger partial charge on any atom is 0.417 e. The summed E-state index contributed by atoms with van der Waals surface area (Å²) in [5.74, 6) is -0.982. The Balaban J connectivity index is 1.17. The van der Waals surface area contributed by atoms with Crippen LogP contribution in [0.2, 0.25) is 0 Å². The third-order valence-corrected chi connectivity index (χ3v) is 10.4. The molecular formula is C33H34F4N2O6S. The Morgan fingerprint density at radius 2 is 1.76 bits per heavy atom. The fourth-order valence-electron chi connectivity index (χ4n) is 6.40. The average Bonchev–Trinajstić information content (AvgIpc) is 3.49. The average molecular weight is 663 g/mol. The summed E-state index contributed by atoms with van der Waals surface area (Å²) in [7, 11) is -3.17. The molecule has 3 aliphatic carbocycles. The summed E-state index contributed by atoms with van der Waals surface area (Å²) in [6.45, 7) is 6.63. The molecule has 1 aromatic carbocycles. The van der Waals surface area contributed by atoms with E-state index in [1.165, 1.54) is 25.3 Å². The molecule has 0 unspecified atom stereocenters. The minimum Gasteiger partial charge on any atom is -0.474 e. The SMILES string of the molecule is Cc1nc(OC2CC(S(C)(=O)=O)C2)ccc1-c1cc(COc2cc3c(cn2)[C@H]2[C@@H](C3)[C@@H]2C(=O)OC(C)(C)C)c(F)cc1C(F)(F)F. The standard InChI is InChI=1S/C33H34F4N2O6S/c1-16-21(6-7-27(39-16)44-19-11-20(12-19)46(5,41)42)22-9-18(26(34)13-25(22)33(35,36)37)15-43-28-10-17-8-23-29(24(17)14-38-28)30(23)31(40)45-32(2,3)4/h6-7,9-10,13-14,19-20,23,29-30H,8,11-12,15H2,1-5H3/t19?,20?,23-,29-,30+/m1/s1. The second kappa shape index (κ2) is 11.2. The minimum absolute atomic E-state index is 0.0353. The van der Waals surface area contributed by atoms with E-state index in [1.54, 1.807) is 12.3 Å². The molecule has 0 N–H and O–H groups in total. The van der Waals surface area contributed by atoms with Crippen LogP contribution in [-0.4, -0.2) is 47.6 Å². The molecule has 46 heavy (non-hydrogen) atoms. The van der Waals surface area contributed by atoms with E-state index in [1.807, 2.05) is 20.8 Å². The first kappa shape index (κ1) is 32.2. The number of pyridine rings is 2. The van der Waals surface area contributed by atoms with Crippen LogP contribution in [0.15, 0.2) is 36.5 Å². The minimum atomic E-state index is -4.84. The van der Waals surface area contributed by atoms with Crippen molar-refractivity contribution in [2.24, 2.45) is 11.8 Å². The first-order valence-electron chi connectivity index (χ1n) is 15.0. The lowest BCUT2D eigenvalue weighted by molar-refractivity contribution is -0.157. The quantitative estimate of drug-likeness (QED) is 0.203. The number of halogens is 4. The zero-order valence-corrected chi connectivity index (χ0v) is 26.8. The Labute approximate surface area is 264 Å². The monoisotopic (exact) mass is 662 g/mol. The van der Waals surface area contributed by atoms with Gasteiger partial charge in [-0.25, -0.2) is 22.8 Å². The Bertz CT molecular complexity index is 1820. The van der Waals surface area contributed by atoms with E-state index in [0.29, 0.717) is 25.3 Å². The number of benzene rings is 1. The van der Waals surface area contributed by atoms with Crippen LogP contribution in [-0.2, 0) is 38.6 Å². The van der Waals surface area contributed by atoms with Crippen molar-refractivity contribution < 1.29 is 45.0 Å². The van der Waals surface area contributed by atoms with Gasteiger partial charge < -0.3 is 14.2 Å². The maximum atomic E-state index is 15.0. The molecule has 3 atom stereocenters. The molecular weight excluding hydrogens is 628 g/mol. The van der Waals surface area contributed by atoms with Crippen molar-refractivity contribution >= 4 is 15.8 Å². The Morgan fingerprint density at radius 1 is 1.04 bits per heavy atom. The molecule has 6 rings (SSSR count). The molecule has 0 aliphatic heterocycles. The van der Waals surface area contributed by atoms with Gasteiger partial charge in [0.2, 0.25) is 11.8 Å². The van der Waals surface area contributed by atoms with Crippen LogP contribution < -0.4 is 9.47 Å². The number of hydrogen-bond acceptors (Lipinski definition) is 8. The molecule has 8 nitrogen and oxygen atoms in total. The highest BCUT2D eigenvalue weighted by molar-refractivity contribution is 7.91. The van der Waals surface area contributed by atoms with Crippen molar-refractivity contribution in [2.75, 3.05) is 6.26 Å². The number of carbonyl (C=O) groups is 1. The van der Waals surface area contributed by atoms with E-state index in [-0.39, 0.29) is 70.6 Å². The number of esters is 1. The van der Waals surface area contributed by atoms with E-state index in [9.17, 15) is 26.4 Å². The number of ether oxygens (including phenoxy) is 3. The van der Waals surface area contributed by atoms with Gasteiger partial charge in [-0.3, -0.25) is 4.79 Å². The zero-order chi connectivity index (χ0) is 33.3. The van der Waals surface area contributed by atoms with E-state index >= 15 is 4.39 Å². The zero-order valence-electron chi connectivity index (χ0n) is 25.9. The van der Waals surface area contributed by atoms with Gasteiger partial charge in [-0.15, -0.1) is 0 Å². The first-order valence-corrected chi connectivity index (χ1v) is 16.9. The molecule has 2 aromatic heterocycles. The van der Waals surface area contributed by atoms with Gasteiger partial charge in [0.1, 0.15) is 24.1 Å². The lowest BCUT2D eigenvalue weighted by atomic mass is 9.95. The van der Waals surface area contributed by atoms with E-state index in [2.05, 4.69) is 9.97 Å². The van der Waals surface area contributed by atoms with Crippen molar-refractivity contribution in [3.8, 4) is 22.9 Å². The summed E-state index contributed by atoms with van der Waals surface area (Å²) < 4.78 is 97.6. The smallest absolute Gasteiger partial charge is 0.417 e. The molecule has 0 saturated heterocycles. The number of aromatic nitrogens is 2. The summed E-state index contributed by atoms with van der Waals surface area (Å²) in [6, 6.07) is 6.14. The van der Waals surface area contributed by atoms with Crippen LogP contribution in [0.4, 0.5) is 17.6 Å². The summed E-state index contributed by atoms with van der Waals surface area (Å²) in [5, 5.41) is -0.485. The predicted octanol–water partition coefficient (Wildman–Crippen LogP) is 6.37. The topological polar surface area (TPSA) is 105 Å². The van der Waals surface area contributed by atoms with Crippen LogP contribution in [0, 0.1) is 24.6 Å². The van der Waals surface area contributed by atoms with Crippen molar-refractivity contribution in [2.45, 2.75) is 82.6 Å². The third kappa shape index (κ3) is 6.43. The molecule has 0 amide bonds. The first-order chi connectivity index (χ1) is 21.4. The largest absolute Gasteiger partial charge is 0.474 e. The van der Waals surface area contributed by atoms with E-state index in [4.69, 9.17) is 14.2 Å². The van der Waals surface area contributed by atoms with Crippen molar-refractivity contribution in [3.05, 3.63) is 70.3 Å². The van der Waals surface area contributed by atoms with Crippen molar-refractivity contribution in [1.82, 2.24) is 9.97 Å². The number of hydrogen-bond donors (Lipinski definition) is 0. The summed E-state index contributed by atoms with van der Waals surface area (Å²) in [5.41, 5.74) is 0.180. The van der Waals surface area contributed by atoms with Crippen LogP contribution >= 0.6 is 0 Å². The molecule has 3 aromatic rings. The van der Waals surface area contributed by atoms with Gasteiger partial charge >= 0.3 is 12.1 Å². The van der Waals surface area contributed by atoms with Crippen molar-refractivity contribution in [1.29, 1.82) is 0 Å². The lowest BCUT2D eigenvalue weighted by Gasteiger charge is -2.33. The second-order valence-electron chi connectivity index (χ2n) is 13.4. The lowest BCUT2D eigenvalue weighted by Crippen LogP contribution is -2.42. The van der Waals surface area contributed by atoms with E-state index in [0.717, 1.165) is 17.2 Å². The highest BCUT2D eigenvalue weighted by Crippen LogP contribution is 2.62. The maximum absolute atomic E-state index is 15.0. The number of carbonyl (C=O) groups excluding carboxylic acids is 1. The molecule has 246 valence electrons. The summed E-state index contributed by atoms with van der Waals surface area (Å²) in [6.07, 6.45) is -1.13. The molecule has 2 fully saturated rings. The highest BCUT2D eigenvalue weighted by atomic mass is 32.2. The van der Waals surface area contributed by atoms with Crippen molar-refractivity contribution in [3.63, 3.8) is 0 Å². The molecule has 2 saturated carbocycles. The number of aryl methyl sites for hydroxylation is 1.